The van der Waals surface area contributed by atoms with Crippen molar-refractivity contribution < 1.29 is 4.42 Å². The molecule has 0 fully saturated rings. The number of rotatable bonds is 5. The molecular formula is C55H32N4OS. The number of nitrogens with zero attached hydrogens (tertiary/aromatic N) is 4. The molecule has 0 amide bonds. The quantitative estimate of drug-likeness (QED) is 0.174. The molecule has 0 atom stereocenters. The summed E-state index contributed by atoms with van der Waals surface area (Å²) in [5, 5.41) is 9.32. The molecule has 0 aliphatic carbocycles. The maximum absolute atomic E-state index is 6.60. The molecule has 0 aliphatic heterocycles. The number of thiophene rings is 1. The van der Waals surface area contributed by atoms with E-state index in [4.69, 9.17) is 19.4 Å². The molecule has 5 nitrogen and oxygen atoms in total. The Morgan fingerprint density at radius 1 is 0.361 bits per heavy atom. The van der Waals surface area contributed by atoms with Crippen molar-refractivity contribution in [1.82, 2.24) is 19.5 Å². The van der Waals surface area contributed by atoms with Crippen LogP contribution in [0, 0.1) is 0 Å². The van der Waals surface area contributed by atoms with Gasteiger partial charge in [-0.2, -0.15) is 0 Å². The van der Waals surface area contributed by atoms with Gasteiger partial charge in [-0.3, -0.25) is 0 Å². The average Bonchev–Trinajstić information content (AvgIpc) is 3.99. The molecule has 4 heterocycles. The van der Waals surface area contributed by atoms with Crippen LogP contribution in [-0.2, 0) is 0 Å². The predicted octanol–water partition coefficient (Wildman–Crippen LogP) is 15.1. The predicted molar refractivity (Wildman–Crippen MR) is 254 cm³/mol. The maximum Gasteiger partial charge on any atom is 0.166 e. The van der Waals surface area contributed by atoms with Gasteiger partial charge in [-0.1, -0.05) is 146 Å². The monoisotopic (exact) mass is 796 g/mol. The molecule has 0 saturated heterocycles. The lowest BCUT2D eigenvalue weighted by molar-refractivity contribution is 0.669. The second-order valence-corrected chi connectivity index (χ2v) is 16.7. The van der Waals surface area contributed by atoms with Crippen molar-refractivity contribution in [2.45, 2.75) is 0 Å². The Balaban J connectivity index is 1.10. The summed E-state index contributed by atoms with van der Waals surface area (Å²) in [5.74, 6) is 1.77. The van der Waals surface area contributed by atoms with Crippen LogP contribution in [0.15, 0.2) is 199 Å². The van der Waals surface area contributed by atoms with E-state index in [0.717, 1.165) is 66.5 Å². The van der Waals surface area contributed by atoms with Crippen LogP contribution in [0.4, 0.5) is 0 Å². The van der Waals surface area contributed by atoms with Gasteiger partial charge in [0.2, 0.25) is 0 Å². The van der Waals surface area contributed by atoms with E-state index in [2.05, 4.69) is 180 Å². The van der Waals surface area contributed by atoms with E-state index in [1.165, 1.54) is 41.7 Å². The summed E-state index contributed by atoms with van der Waals surface area (Å²) < 4.78 is 11.4. The maximum atomic E-state index is 6.60. The normalized spacial score (nSPS) is 11.9. The highest BCUT2D eigenvalue weighted by atomic mass is 32.1. The molecule has 13 aromatic rings. The highest BCUT2D eigenvalue weighted by Gasteiger charge is 2.23. The molecule has 13 rings (SSSR count). The Hall–Kier alpha value is -7.93. The number of fused-ring (bicyclic) bond motifs is 10. The number of aromatic nitrogens is 4. The number of para-hydroxylation sites is 2. The van der Waals surface area contributed by atoms with Crippen molar-refractivity contribution in [3.63, 3.8) is 0 Å². The Labute approximate surface area is 353 Å². The molecule has 4 aromatic heterocycles. The van der Waals surface area contributed by atoms with Gasteiger partial charge in [-0.05, 0) is 70.4 Å². The highest BCUT2D eigenvalue weighted by Crippen LogP contribution is 2.42. The van der Waals surface area contributed by atoms with Crippen LogP contribution in [0.1, 0.15) is 0 Å². The van der Waals surface area contributed by atoms with Gasteiger partial charge in [-0.25, -0.2) is 15.0 Å². The van der Waals surface area contributed by atoms with E-state index in [0.29, 0.717) is 17.5 Å². The molecular weight excluding hydrogens is 765 g/mol. The van der Waals surface area contributed by atoms with Crippen LogP contribution >= 0.6 is 11.3 Å². The van der Waals surface area contributed by atoms with Gasteiger partial charge in [0.15, 0.2) is 17.5 Å². The fourth-order valence-electron chi connectivity index (χ4n) is 9.10. The Bertz CT molecular complexity index is 3880. The van der Waals surface area contributed by atoms with Crippen LogP contribution in [-0.4, -0.2) is 19.5 Å². The van der Waals surface area contributed by atoms with Gasteiger partial charge >= 0.3 is 0 Å². The third-order valence-corrected chi connectivity index (χ3v) is 13.2. The Kier molecular flexibility index (Phi) is 7.41. The minimum atomic E-state index is 0.563. The van der Waals surface area contributed by atoms with Crippen molar-refractivity contribution in [2.75, 3.05) is 0 Å². The zero-order valence-corrected chi connectivity index (χ0v) is 33.4. The first-order valence-corrected chi connectivity index (χ1v) is 21.2. The van der Waals surface area contributed by atoms with E-state index in [1.807, 2.05) is 18.2 Å². The highest BCUT2D eigenvalue weighted by molar-refractivity contribution is 7.25. The lowest BCUT2D eigenvalue weighted by Gasteiger charge is -2.15. The molecule has 0 aliphatic rings. The van der Waals surface area contributed by atoms with E-state index >= 15 is 0 Å². The number of hydrogen-bond donors (Lipinski definition) is 0. The number of hydrogen-bond acceptors (Lipinski definition) is 5. The van der Waals surface area contributed by atoms with Crippen LogP contribution in [0.25, 0.3) is 126 Å². The molecule has 9 aromatic carbocycles. The topological polar surface area (TPSA) is 56.7 Å². The minimum Gasteiger partial charge on any atom is -0.456 e. The summed E-state index contributed by atoms with van der Waals surface area (Å²) in [7, 11) is 0. The van der Waals surface area contributed by atoms with Gasteiger partial charge in [0.1, 0.15) is 11.2 Å². The standard InChI is InChI=1S/C55H32N4OS/c1-2-12-33(13-3-1)34-22-24-35(25-23-34)53-56-54(38-26-27-42-41-18-8-11-21-51(41)61-52(42)30-38)58-55(57-53)45-32-50-44(40-17-7-10-20-49(40)60-50)31-48(45)59-46-19-9-6-16-39(46)43-28-36-14-4-5-15-37(36)29-47(43)59/h1-32H. The van der Waals surface area contributed by atoms with E-state index in [1.54, 1.807) is 11.3 Å². The fraction of sp³-hybridized carbons (Fsp3) is 0. The van der Waals surface area contributed by atoms with Crippen LogP contribution in [0.2, 0.25) is 0 Å². The zero-order valence-electron chi connectivity index (χ0n) is 32.6. The third-order valence-electron chi connectivity index (χ3n) is 12.0. The first kappa shape index (κ1) is 34.0. The Morgan fingerprint density at radius 3 is 1.84 bits per heavy atom. The molecule has 0 bridgehead atoms. The zero-order chi connectivity index (χ0) is 40.0. The molecule has 6 heteroatoms. The summed E-state index contributed by atoms with van der Waals surface area (Å²) >= 11 is 1.79. The molecule has 0 spiro atoms. The largest absolute Gasteiger partial charge is 0.456 e. The molecule has 0 radical (unpaired) electrons. The number of benzene rings is 9. The second-order valence-electron chi connectivity index (χ2n) is 15.6. The Morgan fingerprint density at radius 2 is 0.984 bits per heavy atom. The minimum absolute atomic E-state index is 0.563. The van der Waals surface area contributed by atoms with E-state index in [-0.39, 0.29) is 0 Å². The van der Waals surface area contributed by atoms with Crippen molar-refractivity contribution >= 4 is 86.0 Å². The first-order chi connectivity index (χ1) is 30.2. The fourth-order valence-corrected chi connectivity index (χ4v) is 10.2. The van der Waals surface area contributed by atoms with Gasteiger partial charge in [0.25, 0.3) is 0 Å². The van der Waals surface area contributed by atoms with Crippen molar-refractivity contribution in [3.8, 4) is 51.0 Å². The molecule has 0 saturated carbocycles. The van der Waals surface area contributed by atoms with Crippen LogP contribution in [0.5, 0.6) is 0 Å². The summed E-state index contributed by atoms with van der Waals surface area (Å²) in [4.78, 5) is 16.0. The summed E-state index contributed by atoms with van der Waals surface area (Å²) in [6.45, 7) is 0. The van der Waals surface area contributed by atoms with Gasteiger partial charge < -0.3 is 8.98 Å². The summed E-state index contributed by atoms with van der Waals surface area (Å²) in [6.07, 6.45) is 0. The summed E-state index contributed by atoms with van der Waals surface area (Å²) in [5.41, 5.74) is 9.74. The smallest absolute Gasteiger partial charge is 0.166 e. The SMILES string of the molecule is c1ccc(-c2ccc(-c3nc(-c4ccc5c(c4)sc4ccccc45)nc(-c4cc5oc6ccccc6c5cc4-n4c5ccccc5c5cc6ccccc6cc54)n3)cc2)cc1. The lowest BCUT2D eigenvalue weighted by atomic mass is 10.0. The van der Waals surface area contributed by atoms with Gasteiger partial charge in [0, 0.05) is 58.4 Å². The van der Waals surface area contributed by atoms with Crippen molar-refractivity contribution in [2.24, 2.45) is 0 Å². The van der Waals surface area contributed by atoms with Crippen LogP contribution in [0.3, 0.4) is 0 Å². The average molecular weight is 797 g/mol. The summed E-state index contributed by atoms with van der Waals surface area (Å²) in [6, 6.07) is 68.6. The van der Waals surface area contributed by atoms with Gasteiger partial charge in [0.05, 0.1) is 16.7 Å². The van der Waals surface area contributed by atoms with Gasteiger partial charge in [-0.15, -0.1) is 11.3 Å². The molecule has 284 valence electrons. The molecule has 0 N–H and O–H groups in total. The first-order valence-electron chi connectivity index (χ1n) is 20.4. The van der Waals surface area contributed by atoms with Crippen LogP contribution < -0.4 is 0 Å². The number of furan rings is 1. The van der Waals surface area contributed by atoms with Crippen molar-refractivity contribution in [1.29, 1.82) is 0 Å². The molecule has 0 unspecified atom stereocenters. The second kappa shape index (κ2) is 13.3. The van der Waals surface area contributed by atoms with Crippen molar-refractivity contribution in [3.05, 3.63) is 194 Å². The van der Waals surface area contributed by atoms with E-state index < -0.39 is 0 Å². The molecule has 61 heavy (non-hydrogen) atoms. The lowest BCUT2D eigenvalue weighted by Crippen LogP contribution is -2.04. The third kappa shape index (κ3) is 5.43. The van der Waals surface area contributed by atoms with E-state index in [9.17, 15) is 0 Å².